The molecule has 1 aromatic carbocycles. The zero-order valence-corrected chi connectivity index (χ0v) is 21.6. The third kappa shape index (κ3) is 7.42. The molecule has 1 aromatic heterocycles. The number of methoxy groups -OCH3 is 1. The monoisotopic (exact) mass is 534 g/mol. The van der Waals surface area contributed by atoms with Crippen LogP contribution in [0.2, 0.25) is 0 Å². The Kier molecular flexibility index (Phi) is 9.25. The summed E-state index contributed by atoms with van der Waals surface area (Å²) >= 11 is 0. The molecule has 0 saturated carbocycles. The molecule has 2 unspecified atom stereocenters. The van der Waals surface area contributed by atoms with Gasteiger partial charge in [0.2, 0.25) is 0 Å². The molecule has 0 bridgehead atoms. The summed E-state index contributed by atoms with van der Waals surface area (Å²) in [4.78, 5) is 41.4. The molecular weight excluding hydrogens is 504 g/mol. The summed E-state index contributed by atoms with van der Waals surface area (Å²) in [5, 5.41) is 12.6. The van der Waals surface area contributed by atoms with Gasteiger partial charge in [-0.25, -0.2) is 9.48 Å². The van der Waals surface area contributed by atoms with Crippen LogP contribution in [-0.4, -0.2) is 73.0 Å². The summed E-state index contributed by atoms with van der Waals surface area (Å²) in [6.45, 7) is 0.628. The minimum atomic E-state index is -0.468. The van der Waals surface area contributed by atoms with Gasteiger partial charge in [-0.05, 0) is 41.5 Å². The van der Waals surface area contributed by atoms with Gasteiger partial charge >= 0.3 is 6.09 Å². The average Bonchev–Trinajstić information content (AvgIpc) is 3.61. The third-order valence-electron chi connectivity index (χ3n) is 5.93. The Morgan fingerprint density at radius 1 is 1.23 bits per heavy atom. The predicted octanol–water partition coefficient (Wildman–Crippen LogP) is 1.57. The van der Waals surface area contributed by atoms with Crippen molar-refractivity contribution in [2.24, 2.45) is 4.99 Å². The highest BCUT2D eigenvalue weighted by Crippen LogP contribution is 2.19. The van der Waals surface area contributed by atoms with Crippen molar-refractivity contribution < 1.29 is 28.6 Å². The zero-order valence-electron chi connectivity index (χ0n) is 21.6. The summed E-state index contributed by atoms with van der Waals surface area (Å²) in [5.41, 5.74) is 2.16. The number of nitrogens with zero attached hydrogens (tertiary/aromatic N) is 3. The van der Waals surface area contributed by atoms with Crippen LogP contribution in [0, 0.1) is 0 Å². The number of amides is 3. The average molecular weight is 535 g/mol. The number of alkyl carbamates (subject to hydrolysis) is 1. The first-order valence-electron chi connectivity index (χ1n) is 12.3. The van der Waals surface area contributed by atoms with Crippen LogP contribution in [0.15, 0.2) is 77.6 Å². The lowest BCUT2D eigenvalue weighted by atomic mass is 10.0. The number of carbonyl (C=O) groups is 3. The van der Waals surface area contributed by atoms with E-state index in [2.05, 4.69) is 26.0 Å². The van der Waals surface area contributed by atoms with Crippen LogP contribution in [0.25, 0.3) is 5.70 Å². The van der Waals surface area contributed by atoms with Gasteiger partial charge in [0.05, 0.1) is 6.04 Å². The van der Waals surface area contributed by atoms with Crippen molar-refractivity contribution in [3.8, 4) is 5.75 Å². The lowest BCUT2D eigenvalue weighted by Gasteiger charge is -2.17. The largest absolute Gasteiger partial charge is 0.468 e. The molecule has 1 fully saturated rings. The van der Waals surface area contributed by atoms with Crippen LogP contribution in [0.5, 0.6) is 5.75 Å². The molecular formula is C27H30N6O6. The first-order valence-corrected chi connectivity index (χ1v) is 12.3. The van der Waals surface area contributed by atoms with Gasteiger partial charge in [-0.15, -0.1) is 0 Å². The maximum Gasteiger partial charge on any atom is 0.408 e. The van der Waals surface area contributed by atoms with E-state index in [-0.39, 0.29) is 61.7 Å². The summed E-state index contributed by atoms with van der Waals surface area (Å²) < 4.78 is 16.9. The highest BCUT2D eigenvalue weighted by Gasteiger charge is 2.32. The normalized spacial score (nSPS) is 18.5. The number of allylic oxidation sites excluding steroid dienone is 1. The van der Waals surface area contributed by atoms with E-state index in [4.69, 9.17) is 14.2 Å². The summed E-state index contributed by atoms with van der Waals surface area (Å²) in [5.74, 6) is -0.113. The van der Waals surface area contributed by atoms with Crippen molar-refractivity contribution in [3.63, 3.8) is 0 Å². The van der Waals surface area contributed by atoms with Crippen LogP contribution >= 0.6 is 0 Å². The molecule has 204 valence electrons. The first kappa shape index (κ1) is 27.3. The molecule has 3 N–H and O–H groups in total. The van der Waals surface area contributed by atoms with Gasteiger partial charge in [-0.3, -0.25) is 14.6 Å². The number of ether oxygens (including phenoxy) is 3. The Labute approximate surface area is 225 Å². The van der Waals surface area contributed by atoms with Crippen LogP contribution in [0.3, 0.4) is 0 Å². The second-order valence-corrected chi connectivity index (χ2v) is 8.62. The lowest BCUT2D eigenvalue weighted by molar-refractivity contribution is -0.116. The number of nitrogens with one attached hydrogen (secondary N) is 3. The molecule has 1 saturated heterocycles. The molecule has 2 aliphatic rings. The quantitative estimate of drug-likeness (QED) is 0.213. The molecule has 1 aliphatic carbocycles. The third-order valence-corrected chi connectivity index (χ3v) is 5.93. The van der Waals surface area contributed by atoms with E-state index in [1.54, 1.807) is 43.8 Å². The topological polar surface area (TPSA) is 145 Å². The van der Waals surface area contributed by atoms with Crippen molar-refractivity contribution in [2.45, 2.75) is 25.1 Å². The van der Waals surface area contributed by atoms with Crippen LogP contribution in [0.1, 0.15) is 12.0 Å². The van der Waals surface area contributed by atoms with Crippen LogP contribution < -0.4 is 20.7 Å². The van der Waals surface area contributed by atoms with E-state index in [0.717, 1.165) is 11.1 Å². The molecule has 4 rings (SSSR count). The Hall–Kier alpha value is -4.71. The summed E-state index contributed by atoms with van der Waals surface area (Å²) in [6.07, 6.45) is 9.55. The molecule has 1 aliphatic heterocycles. The van der Waals surface area contributed by atoms with Crippen molar-refractivity contribution in [3.05, 3.63) is 78.2 Å². The van der Waals surface area contributed by atoms with E-state index >= 15 is 0 Å². The highest BCUT2D eigenvalue weighted by molar-refractivity contribution is 6.39. The first-order chi connectivity index (χ1) is 19.0. The molecule has 39 heavy (non-hydrogen) atoms. The Morgan fingerprint density at radius 2 is 2.08 bits per heavy atom. The zero-order chi connectivity index (χ0) is 27.6. The number of aromatic nitrogens is 2. The van der Waals surface area contributed by atoms with E-state index in [0.29, 0.717) is 5.75 Å². The molecule has 12 heteroatoms. The van der Waals surface area contributed by atoms with E-state index in [1.807, 2.05) is 30.4 Å². The van der Waals surface area contributed by atoms with Gasteiger partial charge in [-0.2, -0.15) is 5.10 Å². The number of hydrogen-bond acceptors (Lipinski definition) is 8. The van der Waals surface area contributed by atoms with E-state index in [1.165, 1.54) is 11.7 Å². The molecule has 2 aromatic rings. The molecule has 2 atom stereocenters. The fraction of sp³-hybridized carbons (Fsp3) is 0.296. The van der Waals surface area contributed by atoms with Crippen molar-refractivity contribution in [2.75, 3.05) is 27.5 Å². The Morgan fingerprint density at radius 3 is 2.85 bits per heavy atom. The Balaban J connectivity index is 1.36. The summed E-state index contributed by atoms with van der Waals surface area (Å²) in [7, 11) is 3.06. The van der Waals surface area contributed by atoms with Crippen molar-refractivity contribution in [1.82, 2.24) is 25.7 Å². The fourth-order valence-corrected chi connectivity index (χ4v) is 3.98. The second kappa shape index (κ2) is 13.2. The number of rotatable bonds is 12. The maximum absolute atomic E-state index is 13.1. The highest BCUT2D eigenvalue weighted by atomic mass is 16.7. The van der Waals surface area contributed by atoms with Gasteiger partial charge in [0.25, 0.3) is 11.8 Å². The van der Waals surface area contributed by atoms with Crippen LogP contribution in [-0.2, 0) is 25.6 Å². The molecule has 12 nitrogen and oxygen atoms in total. The van der Waals surface area contributed by atoms with Crippen molar-refractivity contribution in [1.29, 1.82) is 0 Å². The van der Waals surface area contributed by atoms with E-state index in [9.17, 15) is 14.4 Å². The smallest absolute Gasteiger partial charge is 0.408 e. The minimum Gasteiger partial charge on any atom is -0.468 e. The fourth-order valence-electron chi connectivity index (χ4n) is 3.98. The molecule has 0 radical (unpaired) electrons. The molecule has 3 amide bonds. The lowest BCUT2D eigenvalue weighted by Crippen LogP contribution is -2.35. The standard InChI is InChI=1S/C27H30N6O6/c1-28-21(25(34)29-16-19-7-10-24-22(14-19)32-27(36)39-24)8-9-23(33-12-4-11-31-33)26(35)30-15-18-5-3-6-20(13-18)38-17-37-2/h3-7,9-14,22,24H,8,15-17H2,1-2H3,(H,29,34)(H,30,35)(H,32,36)/b23-9-,28-21?. The van der Waals surface area contributed by atoms with Crippen molar-refractivity contribution >= 4 is 29.3 Å². The van der Waals surface area contributed by atoms with Gasteiger partial charge < -0.3 is 30.2 Å². The number of benzene rings is 1. The van der Waals surface area contributed by atoms with Gasteiger partial charge in [0.15, 0.2) is 6.79 Å². The van der Waals surface area contributed by atoms with Gasteiger partial charge in [-0.1, -0.05) is 24.3 Å². The second-order valence-electron chi connectivity index (χ2n) is 8.62. The minimum absolute atomic E-state index is 0.106. The Bertz CT molecular complexity index is 1310. The number of hydrogen-bond donors (Lipinski definition) is 3. The summed E-state index contributed by atoms with van der Waals surface area (Å²) in [6, 6.07) is 8.75. The molecule has 2 heterocycles. The maximum atomic E-state index is 13.1. The number of fused-ring (bicyclic) bond motifs is 1. The van der Waals surface area contributed by atoms with Crippen LogP contribution in [0.4, 0.5) is 4.79 Å². The number of carbonyl (C=O) groups excluding carboxylic acids is 3. The predicted molar refractivity (Wildman–Crippen MR) is 143 cm³/mol. The van der Waals surface area contributed by atoms with Gasteiger partial charge in [0, 0.05) is 46.1 Å². The SMILES string of the molecule is CN=C(C/C=C(/C(=O)NCc1cccc(OCOC)c1)n1cccn1)C(=O)NCC1=CC2NC(=O)OC2C=C1. The number of aliphatic imine (C=N–C) groups is 1. The van der Waals surface area contributed by atoms with E-state index < -0.39 is 6.09 Å². The molecule has 0 spiro atoms. The van der Waals surface area contributed by atoms with Gasteiger partial charge in [0.1, 0.15) is 23.3 Å².